The highest BCUT2D eigenvalue weighted by Crippen LogP contribution is 2.49. The fourth-order valence-electron chi connectivity index (χ4n) is 5.05. The first kappa shape index (κ1) is 12.9. The number of rotatable bonds is 2. The summed E-state index contributed by atoms with van der Waals surface area (Å²) in [6.07, 6.45) is 13.0. The van der Waals surface area contributed by atoms with E-state index in [9.17, 15) is 0 Å². The van der Waals surface area contributed by atoms with Gasteiger partial charge in [-0.25, -0.2) is 0 Å². The molecule has 1 aliphatic heterocycles. The largest absolute Gasteiger partial charge is 0.329 e. The third-order valence-electron chi connectivity index (χ3n) is 6.25. The smallest absolute Gasteiger partial charge is 0.0336 e. The van der Waals surface area contributed by atoms with E-state index < -0.39 is 0 Å². The second-order valence-corrected chi connectivity index (χ2v) is 7.49. The third-order valence-corrected chi connectivity index (χ3v) is 6.25. The van der Waals surface area contributed by atoms with Gasteiger partial charge >= 0.3 is 0 Å². The quantitative estimate of drug-likeness (QED) is 0.815. The fourth-order valence-corrected chi connectivity index (χ4v) is 5.05. The van der Waals surface area contributed by atoms with Crippen molar-refractivity contribution in [2.45, 2.75) is 70.3 Å². The van der Waals surface area contributed by atoms with E-state index in [-0.39, 0.29) is 0 Å². The lowest BCUT2D eigenvalue weighted by Crippen LogP contribution is -2.63. The van der Waals surface area contributed by atoms with Crippen molar-refractivity contribution in [1.29, 1.82) is 0 Å². The number of hydrogen-bond donors (Lipinski definition) is 1. The number of nitrogens with two attached hydrogens (primary N) is 1. The molecular weight excluding hydrogens is 220 g/mol. The Kier molecular flexibility index (Phi) is 3.44. The highest BCUT2D eigenvalue weighted by atomic mass is 15.2. The van der Waals surface area contributed by atoms with E-state index in [1.807, 2.05) is 0 Å². The minimum absolute atomic E-state index is 0.399. The van der Waals surface area contributed by atoms with Crippen LogP contribution < -0.4 is 5.73 Å². The maximum atomic E-state index is 6.09. The summed E-state index contributed by atoms with van der Waals surface area (Å²) in [6.45, 7) is 5.90. The lowest BCUT2D eigenvalue weighted by molar-refractivity contribution is -0.0554. The van der Waals surface area contributed by atoms with Crippen molar-refractivity contribution in [1.82, 2.24) is 4.90 Å². The molecule has 3 rings (SSSR count). The maximum Gasteiger partial charge on any atom is 0.0336 e. The summed E-state index contributed by atoms with van der Waals surface area (Å²) < 4.78 is 0. The zero-order chi connectivity index (χ0) is 12.6. The van der Waals surface area contributed by atoms with E-state index in [0.29, 0.717) is 5.54 Å². The molecule has 2 saturated carbocycles. The summed E-state index contributed by atoms with van der Waals surface area (Å²) in [4.78, 5) is 2.76. The van der Waals surface area contributed by atoms with Gasteiger partial charge in [-0.15, -0.1) is 0 Å². The second-order valence-electron chi connectivity index (χ2n) is 7.49. The molecule has 1 heterocycles. The van der Waals surface area contributed by atoms with E-state index in [4.69, 9.17) is 5.73 Å². The van der Waals surface area contributed by atoms with E-state index in [1.54, 1.807) is 0 Å². The first-order valence-electron chi connectivity index (χ1n) is 8.13. The molecule has 2 heteroatoms. The number of likely N-dealkylation sites (tertiary alicyclic amines) is 1. The van der Waals surface area contributed by atoms with Crippen LogP contribution in [-0.4, -0.2) is 30.1 Å². The van der Waals surface area contributed by atoms with Crippen molar-refractivity contribution < 1.29 is 0 Å². The molecule has 0 amide bonds. The lowest BCUT2D eigenvalue weighted by Gasteiger charge is -2.57. The van der Waals surface area contributed by atoms with Crippen LogP contribution in [0.2, 0.25) is 0 Å². The maximum absolute atomic E-state index is 6.09. The van der Waals surface area contributed by atoms with Crippen molar-refractivity contribution in [3.8, 4) is 0 Å². The van der Waals surface area contributed by atoms with Crippen LogP contribution in [0.25, 0.3) is 0 Å². The Balaban J connectivity index is 1.59. The van der Waals surface area contributed by atoms with Gasteiger partial charge in [-0.1, -0.05) is 26.2 Å². The van der Waals surface area contributed by atoms with Crippen molar-refractivity contribution in [3.63, 3.8) is 0 Å². The Labute approximate surface area is 112 Å². The van der Waals surface area contributed by atoms with Gasteiger partial charge in [-0.3, -0.25) is 4.90 Å². The Hall–Kier alpha value is -0.0800. The number of nitrogens with zero attached hydrogens (tertiary/aromatic N) is 1. The molecule has 104 valence electrons. The van der Waals surface area contributed by atoms with Crippen molar-refractivity contribution in [3.05, 3.63) is 0 Å². The molecule has 1 spiro atoms. The Morgan fingerprint density at radius 2 is 1.61 bits per heavy atom. The molecule has 0 atom stereocenters. The topological polar surface area (TPSA) is 29.3 Å². The molecule has 0 radical (unpaired) electrons. The summed E-state index contributed by atoms with van der Waals surface area (Å²) in [7, 11) is 0. The summed E-state index contributed by atoms with van der Waals surface area (Å²) in [5.41, 5.74) is 7.22. The van der Waals surface area contributed by atoms with E-state index in [1.165, 1.54) is 70.9 Å². The zero-order valence-corrected chi connectivity index (χ0v) is 12.1. The molecule has 3 fully saturated rings. The van der Waals surface area contributed by atoms with E-state index in [0.717, 1.165) is 17.9 Å². The van der Waals surface area contributed by atoms with Crippen LogP contribution in [-0.2, 0) is 0 Å². The molecule has 2 N–H and O–H groups in total. The number of hydrogen-bond acceptors (Lipinski definition) is 2. The number of piperidine rings is 1. The summed E-state index contributed by atoms with van der Waals surface area (Å²) >= 11 is 0. The van der Waals surface area contributed by atoms with Crippen LogP contribution in [0.5, 0.6) is 0 Å². The standard InChI is InChI=1S/C16H30N2/c1-14-11-16(12-14,13-17)18-9-7-15(8-10-18)5-3-2-4-6-15/h14H,2-13,17H2,1H3. The van der Waals surface area contributed by atoms with Gasteiger partial charge in [-0.05, 0) is 62.9 Å². The fraction of sp³-hybridized carbons (Fsp3) is 1.00. The summed E-state index contributed by atoms with van der Waals surface area (Å²) in [6, 6.07) is 0. The molecule has 0 unspecified atom stereocenters. The van der Waals surface area contributed by atoms with Gasteiger partial charge in [0, 0.05) is 12.1 Å². The van der Waals surface area contributed by atoms with E-state index in [2.05, 4.69) is 11.8 Å². The Morgan fingerprint density at radius 3 is 2.11 bits per heavy atom. The van der Waals surface area contributed by atoms with Gasteiger partial charge in [0.15, 0.2) is 0 Å². The van der Waals surface area contributed by atoms with Crippen molar-refractivity contribution >= 4 is 0 Å². The van der Waals surface area contributed by atoms with Crippen LogP contribution in [0.4, 0.5) is 0 Å². The predicted molar refractivity (Wildman–Crippen MR) is 76.5 cm³/mol. The molecule has 2 aliphatic carbocycles. The van der Waals surface area contributed by atoms with Crippen LogP contribution in [0.15, 0.2) is 0 Å². The minimum atomic E-state index is 0.399. The lowest BCUT2D eigenvalue weighted by atomic mass is 9.64. The first-order valence-corrected chi connectivity index (χ1v) is 8.13. The molecule has 0 aromatic rings. The second kappa shape index (κ2) is 4.79. The molecule has 0 aromatic heterocycles. The van der Waals surface area contributed by atoms with Gasteiger partial charge in [0.25, 0.3) is 0 Å². The molecule has 3 aliphatic rings. The Morgan fingerprint density at radius 1 is 1.00 bits per heavy atom. The zero-order valence-electron chi connectivity index (χ0n) is 12.1. The average molecular weight is 250 g/mol. The normalized spacial score (nSPS) is 40.7. The highest BCUT2D eigenvalue weighted by Gasteiger charge is 2.48. The van der Waals surface area contributed by atoms with Gasteiger partial charge in [-0.2, -0.15) is 0 Å². The van der Waals surface area contributed by atoms with Crippen molar-refractivity contribution in [2.24, 2.45) is 17.1 Å². The van der Waals surface area contributed by atoms with Crippen LogP contribution >= 0.6 is 0 Å². The van der Waals surface area contributed by atoms with E-state index >= 15 is 0 Å². The molecule has 0 bridgehead atoms. The average Bonchev–Trinajstić information content (AvgIpc) is 2.37. The Bertz CT molecular complexity index is 277. The predicted octanol–water partition coefficient (Wildman–Crippen LogP) is 3.16. The van der Waals surface area contributed by atoms with Crippen LogP contribution in [0.1, 0.15) is 64.7 Å². The van der Waals surface area contributed by atoms with Gasteiger partial charge in [0.2, 0.25) is 0 Å². The molecule has 18 heavy (non-hydrogen) atoms. The van der Waals surface area contributed by atoms with Gasteiger partial charge in [0.1, 0.15) is 0 Å². The SMILES string of the molecule is CC1CC(CN)(N2CCC3(CCCCC3)CC2)C1. The first-order chi connectivity index (χ1) is 8.68. The van der Waals surface area contributed by atoms with Gasteiger partial charge < -0.3 is 5.73 Å². The molecule has 0 aromatic carbocycles. The van der Waals surface area contributed by atoms with Crippen LogP contribution in [0.3, 0.4) is 0 Å². The summed E-state index contributed by atoms with van der Waals surface area (Å²) in [5, 5.41) is 0. The van der Waals surface area contributed by atoms with Crippen molar-refractivity contribution in [2.75, 3.05) is 19.6 Å². The molecule has 1 saturated heterocycles. The monoisotopic (exact) mass is 250 g/mol. The highest BCUT2D eigenvalue weighted by molar-refractivity contribution is 5.04. The van der Waals surface area contributed by atoms with Gasteiger partial charge in [0.05, 0.1) is 0 Å². The molecular formula is C16H30N2. The molecule has 2 nitrogen and oxygen atoms in total. The minimum Gasteiger partial charge on any atom is -0.329 e. The third kappa shape index (κ3) is 2.12. The summed E-state index contributed by atoms with van der Waals surface area (Å²) in [5.74, 6) is 0.902. The van der Waals surface area contributed by atoms with Crippen LogP contribution in [0, 0.1) is 11.3 Å².